The Morgan fingerprint density at radius 3 is 2.70 bits per heavy atom. The Kier molecular flexibility index (Phi) is 7.17. The van der Waals surface area contributed by atoms with E-state index in [0.29, 0.717) is 18.0 Å². The molecule has 0 unspecified atom stereocenters. The number of rotatable bonds is 7. The van der Waals surface area contributed by atoms with E-state index in [4.69, 9.17) is 28.5 Å². The first kappa shape index (κ1) is 20.2. The van der Waals surface area contributed by atoms with Crippen molar-refractivity contribution in [3.05, 3.63) is 80.0 Å². The Labute approximate surface area is 165 Å². The number of nitrogens with zero attached hydrogens (tertiary/aromatic N) is 2. The second kappa shape index (κ2) is 9.57. The lowest BCUT2D eigenvalue weighted by Crippen LogP contribution is -2.18. The molecule has 0 aliphatic rings. The highest BCUT2D eigenvalue weighted by Gasteiger charge is 2.14. The lowest BCUT2D eigenvalue weighted by atomic mass is 10.1. The lowest BCUT2D eigenvalue weighted by Gasteiger charge is -2.07. The predicted molar refractivity (Wildman–Crippen MR) is 104 cm³/mol. The van der Waals surface area contributed by atoms with E-state index in [0.717, 1.165) is 11.6 Å². The largest absolute Gasteiger partial charge is 0.389 e. The molecule has 27 heavy (non-hydrogen) atoms. The van der Waals surface area contributed by atoms with Gasteiger partial charge in [-0.25, -0.2) is 0 Å². The van der Waals surface area contributed by atoms with E-state index >= 15 is 0 Å². The molecule has 138 valence electrons. The molecule has 0 atom stereocenters. The molecule has 2 rings (SSSR count). The van der Waals surface area contributed by atoms with E-state index in [1.807, 2.05) is 18.2 Å². The SMILES string of the molecule is N#C/C(=C/NCCc1cccc(Cl)c1)C(=O)Nc1cc([N+](=O)[O-])ccc1Cl. The van der Waals surface area contributed by atoms with Gasteiger partial charge >= 0.3 is 0 Å². The monoisotopic (exact) mass is 404 g/mol. The van der Waals surface area contributed by atoms with Crippen molar-refractivity contribution in [3.8, 4) is 6.07 Å². The summed E-state index contributed by atoms with van der Waals surface area (Å²) in [6.07, 6.45) is 1.93. The van der Waals surface area contributed by atoms with Crippen LogP contribution in [0.25, 0.3) is 0 Å². The zero-order valence-electron chi connectivity index (χ0n) is 13.9. The molecule has 2 aromatic carbocycles. The summed E-state index contributed by atoms with van der Waals surface area (Å²) in [6.45, 7) is 0.483. The highest BCUT2D eigenvalue weighted by Crippen LogP contribution is 2.27. The van der Waals surface area contributed by atoms with Crippen LogP contribution in [0.1, 0.15) is 5.56 Å². The molecule has 0 aromatic heterocycles. The number of hydrogen-bond acceptors (Lipinski definition) is 5. The molecule has 0 saturated carbocycles. The van der Waals surface area contributed by atoms with Gasteiger partial charge in [0.15, 0.2) is 0 Å². The number of amides is 1. The molecule has 0 aliphatic carbocycles. The Morgan fingerprint density at radius 1 is 1.26 bits per heavy atom. The summed E-state index contributed by atoms with van der Waals surface area (Å²) in [4.78, 5) is 22.4. The molecule has 0 spiro atoms. The van der Waals surface area contributed by atoms with Crippen molar-refractivity contribution < 1.29 is 9.72 Å². The van der Waals surface area contributed by atoms with Crippen molar-refractivity contribution >= 4 is 40.5 Å². The van der Waals surface area contributed by atoms with E-state index < -0.39 is 10.8 Å². The number of nitrogens with one attached hydrogen (secondary N) is 2. The number of anilines is 1. The van der Waals surface area contributed by atoms with Crippen LogP contribution in [0.3, 0.4) is 0 Å². The predicted octanol–water partition coefficient (Wildman–Crippen LogP) is 4.08. The van der Waals surface area contributed by atoms with Crippen LogP contribution >= 0.6 is 23.2 Å². The normalized spacial score (nSPS) is 10.8. The van der Waals surface area contributed by atoms with Gasteiger partial charge in [0.05, 0.1) is 15.6 Å². The summed E-state index contributed by atoms with van der Waals surface area (Å²) in [5.41, 5.74) is 0.645. The zero-order chi connectivity index (χ0) is 19.8. The summed E-state index contributed by atoms with van der Waals surface area (Å²) in [7, 11) is 0. The smallest absolute Gasteiger partial charge is 0.271 e. The number of halogens is 2. The van der Waals surface area contributed by atoms with E-state index in [1.165, 1.54) is 18.3 Å². The number of benzene rings is 2. The molecule has 2 N–H and O–H groups in total. The van der Waals surface area contributed by atoms with Crippen molar-refractivity contribution in [3.63, 3.8) is 0 Å². The number of nitriles is 1. The maximum absolute atomic E-state index is 12.2. The first-order valence-corrected chi connectivity index (χ1v) is 8.49. The van der Waals surface area contributed by atoms with Crippen molar-refractivity contribution in [1.29, 1.82) is 5.26 Å². The topological polar surface area (TPSA) is 108 Å². The minimum absolute atomic E-state index is 0.0518. The Balaban J connectivity index is 1.99. The number of carbonyl (C=O) groups is 1. The number of carbonyl (C=O) groups excluding carboxylic acids is 1. The average molecular weight is 405 g/mol. The summed E-state index contributed by atoms with van der Waals surface area (Å²) in [5, 5.41) is 26.0. The Hall–Kier alpha value is -3.08. The molecule has 9 heteroatoms. The molecule has 1 amide bonds. The Bertz CT molecular complexity index is 938. The van der Waals surface area contributed by atoms with E-state index in [-0.39, 0.29) is 22.0 Å². The van der Waals surface area contributed by atoms with Gasteiger partial charge in [0.2, 0.25) is 0 Å². The quantitative estimate of drug-likeness (QED) is 0.237. The molecular weight excluding hydrogens is 391 g/mol. The molecular formula is C18H14Cl2N4O3. The third-order valence-corrected chi connectivity index (χ3v) is 4.03. The first-order chi connectivity index (χ1) is 12.9. The van der Waals surface area contributed by atoms with Crippen LogP contribution in [-0.2, 0) is 11.2 Å². The molecule has 0 heterocycles. The molecule has 0 bridgehead atoms. The van der Waals surface area contributed by atoms with E-state index in [1.54, 1.807) is 12.1 Å². The number of nitro groups is 1. The van der Waals surface area contributed by atoms with Crippen molar-refractivity contribution in [2.75, 3.05) is 11.9 Å². The van der Waals surface area contributed by atoms with Crippen molar-refractivity contribution in [1.82, 2.24) is 5.32 Å². The van der Waals surface area contributed by atoms with Gasteiger partial charge < -0.3 is 10.6 Å². The van der Waals surface area contributed by atoms with Gasteiger partial charge in [-0.2, -0.15) is 5.26 Å². The number of non-ortho nitro benzene ring substituents is 1. The fourth-order valence-electron chi connectivity index (χ4n) is 2.14. The highest BCUT2D eigenvalue weighted by molar-refractivity contribution is 6.34. The van der Waals surface area contributed by atoms with Gasteiger partial charge in [0.25, 0.3) is 11.6 Å². The summed E-state index contributed by atoms with van der Waals surface area (Å²) in [6, 6.07) is 12.8. The third-order valence-electron chi connectivity index (χ3n) is 3.47. The van der Waals surface area contributed by atoms with Gasteiger partial charge in [-0.1, -0.05) is 35.3 Å². The van der Waals surface area contributed by atoms with Gasteiger partial charge in [-0.3, -0.25) is 14.9 Å². The average Bonchev–Trinajstić information content (AvgIpc) is 2.63. The van der Waals surface area contributed by atoms with Crippen LogP contribution in [0.2, 0.25) is 10.0 Å². The van der Waals surface area contributed by atoms with E-state index in [2.05, 4.69) is 10.6 Å². The molecule has 0 radical (unpaired) electrons. The van der Waals surface area contributed by atoms with Crippen LogP contribution in [0.5, 0.6) is 0 Å². The van der Waals surface area contributed by atoms with Crippen molar-refractivity contribution in [2.24, 2.45) is 0 Å². The maximum Gasteiger partial charge on any atom is 0.271 e. The summed E-state index contributed by atoms with van der Waals surface area (Å²) >= 11 is 11.8. The standard InChI is InChI=1S/C18H14Cl2N4O3/c19-14-3-1-2-12(8-14)6-7-22-11-13(10-21)18(25)23-17-9-15(24(26)27)4-5-16(17)20/h1-5,8-9,11,22H,6-7H2,(H,23,25)/b13-11-. The summed E-state index contributed by atoms with van der Waals surface area (Å²) < 4.78 is 0. The second-order valence-corrected chi connectivity index (χ2v) is 6.22. The highest BCUT2D eigenvalue weighted by atomic mass is 35.5. The maximum atomic E-state index is 12.2. The van der Waals surface area contributed by atoms with Gasteiger partial charge in [-0.15, -0.1) is 0 Å². The van der Waals surface area contributed by atoms with Crippen LogP contribution < -0.4 is 10.6 Å². The molecule has 0 fully saturated rings. The van der Waals surface area contributed by atoms with Crippen LogP contribution in [0.4, 0.5) is 11.4 Å². The third kappa shape index (κ3) is 5.99. The van der Waals surface area contributed by atoms with E-state index in [9.17, 15) is 14.9 Å². The molecule has 7 nitrogen and oxygen atoms in total. The second-order valence-electron chi connectivity index (χ2n) is 5.38. The minimum Gasteiger partial charge on any atom is -0.389 e. The fraction of sp³-hybridized carbons (Fsp3) is 0.111. The van der Waals surface area contributed by atoms with Gasteiger partial charge in [0.1, 0.15) is 11.6 Å². The zero-order valence-corrected chi connectivity index (χ0v) is 15.4. The van der Waals surface area contributed by atoms with Crippen molar-refractivity contribution in [2.45, 2.75) is 6.42 Å². The number of nitro benzene ring substituents is 1. The molecule has 0 saturated heterocycles. The van der Waals surface area contributed by atoms with Gasteiger partial charge in [0, 0.05) is 29.9 Å². The minimum atomic E-state index is -0.727. The molecule has 2 aromatic rings. The Morgan fingerprint density at radius 2 is 2.04 bits per heavy atom. The lowest BCUT2D eigenvalue weighted by molar-refractivity contribution is -0.384. The molecule has 0 aliphatic heterocycles. The van der Waals surface area contributed by atoms with Crippen LogP contribution in [-0.4, -0.2) is 17.4 Å². The van der Waals surface area contributed by atoms with Gasteiger partial charge in [-0.05, 0) is 30.2 Å². The first-order valence-electron chi connectivity index (χ1n) is 7.74. The fourth-order valence-corrected chi connectivity index (χ4v) is 2.52. The van der Waals surface area contributed by atoms with Crippen LogP contribution in [0, 0.1) is 21.4 Å². The summed E-state index contributed by atoms with van der Waals surface area (Å²) in [5.74, 6) is -0.727. The van der Waals surface area contributed by atoms with Crippen LogP contribution in [0.15, 0.2) is 54.2 Å². The number of hydrogen-bond donors (Lipinski definition) is 2.